The van der Waals surface area contributed by atoms with Crippen LogP contribution < -0.4 is 0 Å². The van der Waals surface area contributed by atoms with E-state index in [1.54, 1.807) is 0 Å². The van der Waals surface area contributed by atoms with E-state index in [0.29, 0.717) is 4.90 Å². The number of hydrogen-bond acceptors (Lipinski definition) is 1. The summed E-state index contributed by atoms with van der Waals surface area (Å²) in [6.07, 6.45) is -4.51. The lowest BCUT2D eigenvalue weighted by molar-refractivity contribution is -0.140. The van der Waals surface area contributed by atoms with Crippen molar-refractivity contribution in [2.24, 2.45) is 0 Å². The summed E-state index contributed by atoms with van der Waals surface area (Å²) in [5.74, 6) is -0.967. The molecule has 1 aromatic carbocycles. The lowest BCUT2D eigenvalue weighted by Crippen LogP contribution is -2.40. The average molecular weight is 335 g/mol. The number of rotatable bonds is 4. The van der Waals surface area contributed by atoms with E-state index in [0.717, 1.165) is 0 Å². The number of carbonyl (C=O) groups is 1. The van der Waals surface area contributed by atoms with Crippen LogP contribution in [-0.2, 0) is 0 Å². The molecule has 0 bridgehead atoms. The third-order valence-corrected chi connectivity index (χ3v) is 2.90. The summed E-state index contributed by atoms with van der Waals surface area (Å²) in [5.41, 5.74) is -0.0801. The van der Waals surface area contributed by atoms with E-state index in [2.05, 4.69) is 0 Å². The second-order valence-corrected chi connectivity index (χ2v) is 4.88. The second kappa shape index (κ2) is 6.68. The Labute approximate surface area is 123 Å². The summed E-state index contributed by atoms with van der Waals surface area (Å²) in [7, 11) is 0. The summed E-state index contributed by atoms with van der Waals surface area (Å²) in [5, 5.41) is 0.252. The van der Waals surface area contributed by atoms with E-state index in [4.69, 9.17) is 34.8 Å². The Hall–Kier alpha value is -0.650. The molecule has 0 atom stereocenters. The number of amides is 1. The van der Waals surface area contributed by atoms with E-state index in [-0.39, 0.29) is 28.0 Å². The summed E-state index contributed by atoms with van der Waals surface area (Å²) in [6.45, 7) is -1.62. The molecule has 8 heteroatoms. The number of carbonyl (C=O) groups excluding carboxylic acids is 1. The minimum atomic E-state index is -4.51. The fourth-order valence-electron chi connectivity index (χ4n) is 1.40. The number of hydrogen-bond donors (Lipinski definition) is 0. The first-order valence-corrected chi connectivity index (χ1v) is 6.40. The SMILES string of the molecule is O=C(c1cc(Cl)ccc1Cl)N(CCCl)CC(F)(F)F. The van der Waals surface area contributed by atoms with Gasteiger partial charge < -0.3 is 4.90 Å². The van der Waals surface area contributed by atoms with Crippen molar-refractivity contribution in [1.82, 2.24) is 4.90 Å². The van der Waals surface area contributed by atoms with E-state index in [1.807, 2.05) is 0 Å². The number of nitrogens with zero attached hydrogens (tertiary/aromatic N) is 1. The van der Waals surface area contributed by atoms with Gasteiger partial charge in [-0.15, -0.1) is 11.6 Å². The molecule has 2 nitrogen and oxygen atoms in total. The van der Waals surface area contributed by atoms with Gasteiger partial charge in [0, 0.05) is 17.4 Å². The van der Waals surface area contributed by atoms with Gasteiger partial charge in [0.05, 0.1) is 10.6 Å². The van der Waals surface area contributed by atoms with Crippen molar-refractivity contribution >= 4 is 40.7 Å². The van der Waals surface area contributed by atoms with Crippen LogP contribution in [0.15, 0.2) is 18.2 Å². The van der Waals surface area contributed by atoms with Gasteiger partial charge in [0.2, 0.25) is 0 Å². The maximum absolute atomic E-state index is 12.4. The normalized spacial score (nSPS) is 11.5. The Morgan fingerprint density at radius 1 is 1.26 bits per heavy atom. The predicted octanol–water partition coefficient (Wildman–Crippen LogP) is 4.24. The van der Waals surface area contributed by atoms with E-state index in [9.17, 15) is 18.0 Å². The van der Waals surface area contributed by atoms with Crippen molar-refractivity contribution in [3.63, 3.8) is 0 Å². The van der Waals surface area contributed by atoms with Gasteiger partial charge in [0.25, 0.3) is 5.91 Å². The highest BCUT2D eigenvalue weighted by atomic mass is 35.5. The van der Waals surface area contributed by atoms with Crippen LogP contribution in [0, 0.1) is 0 Å². The Morgan fingerprint density at radius 3 is 2.42 bits per heavy atom. The lowest BCUT2D eigenvalue weighted by atomic mass is 10.2. The molecule has 1 amide bonds. The monoisotopic (exact) mass is 333 g/mol. The van der Waals surface area contributed by atoms with Gasteiger partial charge >= 0.3 is 6.18 Å². The second-order valence-electron chi connectivity index (χ2n) is 3.66. The van der Waals surface area contributed by atoms with Crippen LogP contribution in [0.5, 0.6) is 0 Å². The van der Waals surface area contributed by atoms with Gasteiger partial charge in [-0.2, -0.15) is 13.2 Å². The largest absolute Gasteiger partial charge is 0.406 e. The third kappa shape index (κ3) is 5.09. The molecule has 0 aliphatic rings. The number of halogens is 6. The standard InChI is InChI=1S/C11H9Cl3F3NO/c12-3-4-18(6-11(15,16)17)10(19)8-5-7(13)1-2-9(8)14/h1-2,5H,3-4,6H2. The molecule has 0 aliphatic heterocycles. The van der Waals surface area contributed by atoms with Crippen molar-refractivity contribution < 1.29 is 18.0 Å². The molecule has 0 N–H and O–H groups in total. The number of alkyl halides is 4. The Balaban J connectivity index is 3.02. The summed E-state index contributed by atoms with van der Waals surface area (Å²) >= 11 is 16.9. The van der Waals surface area contributed by atoms with Crippen molar-refractivity contribution in [1.29, 1.82) is 0 Å². The summed E-state index contributed by atoms with van der Waals surface area (Å²) in [6, 6.07) is 4.02. The summed E-state index contributed by atoms with van der Waals surface area (Å²) < 4.78 is 37.2. The van der Waals surface area contributed by atoms with Crippen LogP contribution in [-0.4, -0.2) is 36.0 Å². The minimum Gasteiger partial charge on any atom is -0.328 e. The van der Waals surface area contributed by atoms with Crippen LogP contribution >= 0.6 is 34.8 Å². The molecule has 1 rings (SSSR count). The molecule has 0 fully saturated rings. The first-order chi connectivity index (χ1) is 8.74. The van der Waals surface area contributed by atoms with Crippen LogP contribution in [0.3, 0.4) is 0 Å². The third-order valence-electron chi connectivity index (χ3n) is 2.17. The first kappa shape index (κ1) is 16.4. The molecule has 19 heavy (non-hydrogen) atoms. The van der Waals surface area contributed by atoms with Crippen molar-refractivity contribution in [2.45, 2.75) is 6.18 Å². The molecule has 106 valence electrons. The molecule has 1 aromatic rings. The van der Waals surface area contributed by atoms with Crippen LogP contribution in [0.1, 0.15) is 10.4 Å². The molecule has 0 aliphatic carbocycles. The molecule has 0 spiro atoms. The van der Waals surface area contributed by atoms with Crippen LogP contribution in [0.4, 0.5) is 13.2 Å². The first-order valence-electron chi connectivity index (χ1n) is 5.11. The Bertz CT molecular complexity index is 465. The zero-order valence-corrected chi connectivity index (χ0v) is 11.7. The predicted molar refractivity (Wildman–Crippen MR) is 69.1 cm³/mol. The minimum absolute atomic E-state index is 0.0381. The molecular formula is C11H9Cl3F3NO. The maximum Gasteiger partial charge on any atom is 0.406 e. The van der Waals surface area contributed by atoms with Gasteiger partial charge in [0.1, 0.15) is 6.54 Å². The topological polar surface area (TPSA) is 20.3 Å². The lowest BCUT2D eigenvalue weighted by Gasteiger charge is -2.23. The maximum atomic E-state index is 12.4. The molecule has 0 radical (unpaired) electrons. The molecule has 0 heterocycles. The number of benzene rings is 1. The van der Waals surface area contributed by atoms with Crippen molar-refractivity contribution in [3.05, 3.63) is 33.8 Å². The van der Waals surface area contributed by atoms with E-state index >= 15 is 0 Å². The molecular weight excluding hydrogens is 325 g/mol. The van der Waals surface area contributed by atoms with Crippen LogP contribution in [0.25, 0.3) is 0 Å². The van der Waals surface area contributed by atoms with E-state index in [1.165, 1.54) is 18.2 Å². The van der Waals surface area contributed by atoms with E-state index < -0.39 is 18.6 Å². The molecule has 0 saturated carbocycles. The fourth-order valence-corrected chi connectivity index (χ4v) is 1.98. The highest BCUT2D eigenvalue weighted by Crippen LogP contribution is 2.24. The van der Waals surface area contributed by atoms with Crippen LogP contribution in [0.2, 0.25) is 10.0 Å². The van der Waals surface area contributed by atoms with Gasteiger partial charge in [-0.1, -0.05) is 23.2 Å². The summed E-state index contributed by atoms with van der Waals surface area (Å²) in [4.78, 5) is 12.6. The Morgan fingerprint density at radius 2 is 1.89 bits per heavy atom. The average Bonchev–Trinajstić information content (AvgIpc) is 2.29. The zero-order valence-electron chi connectivity index (χ0n) is 9.48. The zero-order chi connectivity index (χ0) is 14.6. The Kier molecular flexibility index (Phi) is 5.77. The highest BCUT2D eigenvalue weighted by Gasteiger charge is 2.33. The van der Waals surface area contributed by atoms with Gasteiger partial charge in [-0.25, -0.2) is 0 Å². The van der Waals surface area contributed by atoms with Gasteiger partial charge in [0.15, 0.2) is 0 Å². The van der Waals surface area contributed by atoms with Crippen molar-refractivity contribution in [3.8, 4) is 0 Å². The molecule has 0 aromatic heterocycles. The van der Waals surface area contributed by atoms with Gasteiger partial charge in [-0.3, -0.25) is 4.79 Å². The quantitative estimate of drug-likeness (QED) is 0.754. The van der Waals surface area contributed by atoms with Gasteiger partial charge in [-0.05, 0) is 18.2 Å². The highest BCUT2D eigenvalue weighted by molar-refractivity contribution is 6.35. The molecule has 0 saturated heterocycles. The smallest absolute Gasteiger partial charge is 0.328 e. The fraction of sp³-hybridized carbons (Fsp3) is 0.364. The molecule has 0 unspecified atom stereocenters. The van der Waals surface area contributed by atoms with Crippen molar-refractivity contribution in [2.75, 3.05) is 19.0 Å².